The average Bonchev–Trinajstić information content (AvgIpc) is 2.86. The molecule has 1 aliphatic heterocycles. The molecule has 1 unspecified atom stereocenters. The first-order valence-electron chi connectivity index (χ1n) is 7.39. The number of anilines is 1. The maximum Gasteiger partial charge on any atom is 0.433 e. The monoisotopic (exact) mass is 301 g/mol. The SMILES string of the molecule is CC(C)CNCC1CCCN1c1cccc(C(F)(F)F)n1. The van der Waals surface area contributed by atoms with Crippen molar-refractivity contribution in [2.75, 3.05) is 24.5 Å². The van der Waals surface area contributed by atoms with E-state index in [0.29, 0.717) is 11.7 Å². The van der Waals surface area contributed by atoms with Gasteiger partial charge in [0.2, 0.25) is 0 Å². The quantitative estimate of drug-likeness (QED) is 0.904. The van der Waals surface area contributed by atoms with E-state index in [1.807, 2.05) is 4.90 Å². The molecule has 1 aromatic rings. The molecule has 6 heteroatoms. The summed E-state index contributed by atoms with van der Waals surface area (Å²) in [6.45, 7) is 6.74. The maximum absolute atomic E-state index is 12.8. The predicted octanol–water partition coefficient (Wildman–Crippen LogP) is 3.31. The Hall–Kier alpha value is -1.30. The lowest BCUT2D eigenvalue weighted by Gasteiger charge is -2.27. The number of nitrogens with zero attached hydrogens (tertiary/aromatic N) is 2. The van der Waals surface area contributed by atoms with E-state index in [-0.39, 0.29) is 6.04 Å². The second-order valence-electron chi connectivity index (χ2n) is 5.92. The summed E-state index contributed by atoms with van der Waals surface area (Å²) in [6.07, 6.45) is -2.41. The molecule has 0 spiro atoms. The molecule has 1 aliphatic rings. The number of nitrogens with one attached hydrogen (secondary N) is 1. The Labute approximate surface area is 123 Å². The van der Waals surface area contributed by atoms with E-state index in [2.05, 4.69) is 24.1 Å². The summed E-state index contributed by atoms with van der Waals surface area (Å²) in [5.74, 6) is 0.991. The van der Waals surface area contributed by atoms with E-state index in [1.54, 1.807) is 6.07 Å². The standard InChI is InChI=1S/C15H22F3N3/c1-11(2)9-19-10-12-5-4-8-21(12)14-7-3-6-13(20-14)15(16,17)18/h3,6-7,11-12,19H,4-5,8-10H2,1-2H3. The molecular weight excluding hydrogens is 279 g/mol. The summed E-state index contributed by atoms with van der Waals surface area (Å²) in [4.78, 5) is 5.78. The van der Waals surface area contributed by atoms with Crippen LogP contribution in [-0.2, 0) is 6.18 Å². The Morgan fingerprint density at radius 2 is 2.14 bits per heavy atom. The van der Waals surface area contributed by atoms with Gasteiger partial charge in [-0.1, -0.05) is 19.9 Å². The first-order valence-corrected chi connectivity index (χ1v) is 7.39. The number of aromatic nitrogens is 1. The fourth-order valence-electron chi connectivity index (χ4n) is 2.63. The van der Waals surface area contributed by atoms with E-state index in [0.717, 1.165) is 38.5 Å². The maximum atomic E-state index is 12.8. The molecule has 1 atom stereocenters. The highest BCUT2D eigenvalue weighted by Crippen LogP contribution is 2.30. The van der Waals surface area contributed by atoms with E-state index >= 15 is 0 Å². The zero-order chi connectivity index (χ0) is 15.5. The third-order valence-electron chi connectivity index (χ3n) is 3.63. The van der Waals surface area contributed by atoms with Gasteiger partial charge in [-0.15, -0.1) is 0 Å². The van der Waals surface area contributed by atoms with Crippen molar-refractivity contribution in [3.8, 4) is 0 Å². The van der Waals surface area contributed by atoms with E-state index in [9.17, 15) is 13.2 Å². The highest BCUT2D eigenvalue weighted by molar-refractivity contribution is 5.42. The van der Waals surface area contributed by atoms with Gasteiger partial charge in [0.05, 0.1) is 0 Å². The van der Waals surface area contributed by atoms with Crippen molar-refractivity contribution in [2.24, 2.45) is 5.92 Å². The van der Waals surface area contributed by atoms with Gasteiger partial charge in [-0.05, 0) is 37.4 Å². The normalized spacial score (nSPS) is 19.5. The van der Waals surface area contributed by atoms with Gasteiger partial charge in [0, 0.05) is 19.1 Å². The average molecular weight is 301 g/mol. The first kappa shape index (κ1) is 16.1. The summed E-state index contributed by atoms with van der Waals surface area (Å²) in [6, 6.07) is 4.34. The highest BCUT2D eigenvalue weighted by atomic mass is 19.4. The van der Waals surface area contributed by atoms with Gasteiger partial charge in [0.15, 0.2) is 0 Å². The van der Waals surface area contributed by atoms with Gasteiger partial charge >= 0.3 is 6.18 Å². The first-order chi connectivity index (χ1) is 9.88. The van der Waals surface area contributed by atoms with Crippen LogP contribution in [0, 0.1) is 5.92 Å². The topological polar surface area (TPSA) is 28.2 Å². The van der Waals surface area contributed by atoms with Crippen LogP contribution < -0.4 is 10.2 Å². The molecule has 0 aromatic carbocycles. The minimum Gasteiger partial charge on any atom is -0.352 e. The number of hydrogen-bond donors (Lipinski definition) is 1. The van der Waals surface area contributed by atoms with Crippen LogP contribution in [-0.4, -0.2) is 30.7 Å². The highest BCUT2D eigenvalue weighted by Gasteiger charge is 2.34. The van der Waals surface area contributed by atoms with Crippen molar-refractivity contribution in [2.45, 2.75) is 38.9 Å². The molecular formula is C15H22F3N3. The smallest absolute Gasteiger partial charge is 0.352 e. The van der Waals surface area contributed by atoms with Gasteiger partial charge in [-0.2, -0.15) is 13.2 Å². The van der Waals surface area contributed by atoms with Gasteiger partial charge in [0.25, 0.3) is 0 Å². The Bertz CT molecular complexity index is 460. The molecule has 1 N–H and O–H groups in total. The van der Waals surface area contributed by atoms with Gasteiger partial charge in [0.1, 0.15) is 11.5 Å². The molecule has 2 heterocycles. The molecule has 0 aliphatic carbocycles. The second kappa shape index (κ2) is 6.64. The fraction of sp³-hybridized carbons (Fsp3) is 0.667. The minimum absolute atomic E-state index is 0.222. The van der Waals surface area contributed by atoms with E-state index in [4.69, 9.17) is 0 Å². The van der Waals surface area contributed by atoms with Crippen LogP contribution in [0.15, 0.2) is 18.2 Å². The van der Waals surface area contributed by atoms with Crippen LogP contribution in [0.1, 0.15) is 32.4 Å². The Morgan fingerprint density at radius 3 is 2.81 bits per heavy atom. The van der Waals surface area contributed by atoms with Crippen LogP contribution >= 0.6 is 0 Å². The summed E-state index contributed by atoms with van der Waals surface area (Å²) >= 11 is 0. The van der Waals surface area contributed by atoms with Gasteiger partial charge in [-0.25, -0.2) is 4.98 Å². The van der Waals surface area contributed by atoms with Crippen LogP contribution in [0.4, 0.5) is 19.0 Å². The molecule has 1 fully saturated rings. The fourth-order valence-corrected chi connectivity index (χ4v) is 2.63. The summed E-state index contributed by atoms with van der Waals surface area (Å²) in [5.41, 5.74) is -0.819. The van der Waals surface area contributed by atoms with Crippen LogP contribution in [0.25, 0.3) is 0 Å². The van der Waals surface area contributed by atoms with Crippen LogP contribution in [0.2, 0.25) is 0 Å². The molecule has 0 saturated carbocycles. The van der Waals surface area contributed by atoms with Crippen molar-refractivity contribution in [1.82, 2.24) is 10.3 Å². The summed E-state index contributed by atoms with van der Waals surface area (Å²) in [5, 5.41) is 3.38. The second-order valence-corrected chi connectivity index (χ2v) is 5.92. The largest absolute Gasteiger partial charge is 0.433 e. The Morgan fingerprint density at radius 1 is 1.38 bits per heavy atom. The van der Waals surface area contributed by atoms with Crippen molar-refractivity contribution in [1.29, 1.82) is 0 Å². The molecule has 118 valence electrons. The van der Waals surface area contributed by atoms with Gasteiger partial charge in [-0.3, -0.25) is 0 Å². The summed E-state index contributed by atoms with van der Waals surface area (Å²) in [7, 11) is 0. The molecule has 0 bridgehead atoms. The molecule has 2 rings (SSSR count). The number of halogens is 3. The van der Waals surface area contributed by atoms with Crippen molar-refractivity contribution in [3.63, 3.8) is 0 Å². The molecule has 21 heavy (non-hydrogen) atoms. The number of pyridine rings is 1. The lowest BCUT2D eigenvalue weighted by molar-refractivity contribution is -0.141. The number of alkyl halides is 3. The predicted molar refractivity (Wildman–Crippen MR) is 77.3 cm³/mol. The van der Waals surface area contributed by atoms with Gasteiger partial charge < -0.3 is 10.2 Å². The van der Waals surface area contributed by atoms with Crippen LogP contribution in [0.3, 0.4) is 0 Å². The third-order valence-corrected chi connectivity index (χ3v) is 3.63. The van der Waals surface area contributed by atoms with Crippen molar-refractivity contribution < 1.29 is 13.2 Å². The Kier molecular flexibility index (Phi) is 5.08. The number of hydrogen-bond acceptors (Lipinski definition) is 3. The van der Waals surface area contributed by atoms with E-state index in [1.165, 1.54) is 6.07 Å². The lowest BCUT2D eigenvalue weighted by Crippen LogP contribution is -2.39. The molecule has 1 aromatic heterocycles. The molecule has 0 amide bonds. The van der Waals surface area contributed by atoms with Crippen LogP contribution in [0.5, 0.6) is 0 Å². The zero-order valence-corrected chi connectivity index (χ0v) is 12.5. The minimum atomic E-state index is -4.39. The molecule has 1 saturated heterocycles. The van der Waals surface area contributed by atoms with E-state index < -0.39 is 11.9 Å². The lowest BCUT2D eigenvalue weighted by atomic mass is 10.2. The zero-order valence-electron chi connectivity index (χ0n) is 12.5. The molecule has 0 radical (unpaired) electrons. The number of rotatable bonds is 5. The molecule has 3 nitrogen and oxygen atoms in total. The third kappa shape index (κ3) is 4.33. The van der Waals surface area contributed by atoms with Crippen molar-refractivity contribution in [3.05, 3.63) is 23.9 Å². The summed E-state index contributed by atoms with van der Waals surface area (Å²) < 4.78 is 38.3. The van der Waals surface area contributed by atoms with Crippen molar-refractivity contribution >= 4 is 5.82 Å². The Balaban J connectivity index is 2.06.